The van der Waals surface area contributed by atoms with Gasteiger partial charge >= 0.3 is 6.09 Å². The van der Waals surface area contributed by atoms with E-state index in [4.69, 9.17) is 4.74 Å². The fraction of sp³-hybridized carbons (Fsp3) is 0.667. The maximum atomic E-state index is 12.5. The molecule has 2 heterocycles. The molecule has 0 radical (unpaired) electrons. The van der Waals surface area contributed by atoms with Crippen LogP contribution in [0.4, 0.5) is 10.6 Å². The van der Waals surface area contributed by atoms with E-state index < -0.39 is 5.60 Å². The highest BCUT2D eigenvalue weighted by atomic mass is 16.6. The van der Waals surface area contributed by atoms with Gasteiger partial charge in [0.25, 0.3) is 0 Å². The average Bonchev–Trinajstić information content (AvgIpc) is 2.52. The number of anilines is 1. The number of piperidine rings is 1. The summed E-state index contributed by atoms with van der Waals surface area (Å²) in [6.45, 7) is 9.47. The van der Waals surface area contributed by atoms with Gasteiger partial charge in [0.05, 0.1) is 6.04 Å². The summed E-state index contributed by atoms with van der Waals surface area (Å²) in [7, 11) is 2.02. The van der Waals surface area contributed by atoms with Crippen LogP contribution in [0.5, 0.6) is 0 Å². The topological polar surface area (TPSA) is 45.7 Å². The Hall–Kier alpha value is -1.78. The van der Waals surface area contributed by atoms with Gasteiger partial charge in [-0.25, -0.2) is 9.78 Å². The van der Waals surface area contributed by atoms with Gasteiger partial charge in [0.2, 0.25) is 0 Å². The quantitative estimate of drug-likeness (QED) is 0.845. The Morgan fingerprint density at radius 2 is 2.13 bits per heavy atom. The molecule has 0 saturated carbocycles. The van der Waals surface area contributed by atoms with Gasteiger partial charge in [-0.05, 0) is 58.6 Å². The number of carbonyl (C=O) groups excluding carboxylic acids is 1. The van der Waals surface area contributed by atoms with E-state index in [9.17, 15) is 4.79 Å². The van der Waals surface area contributed by atoms with Gasteiger partial charge in [0.1, 0.15) is 11.4 Å². The van der Waals surface area contributed by atoms with Crippen LogP contribution in [0.15, 0.2) is 18.3 Å². The molecule has 0 aliphatic carbocycles. The summed E-state index contributed by atoms with van der Waals surface area (Å²) < 4.78 is 5.57. The highest BCUT2D eigenvalue weighted by Crippen LogP contribution is 2.32. The summed E-state index contributed by atoms with van der Waals surface area (Å²) in [5.74, 6) is 0.955. The molecule has 5 nitrogen and oxygen atoms in total. The molecule has 1 aliphatic heterocycles. The van der Waals surface area contributed by atoms with Gasteiger partial charge in [-0.2, -0.15) is 0 Å². The minimum absolute atomic E-state index is 0.0621. The van der Waals surface area contributed by atoms with Crippen molar-refractivity contribution in [1.29, 1.82) is 0 Å². The highest BCUT2D eigenvalue weighted by molar-refractivity contribution is 5.69. The van der Waals surface area contributed by atoms with Gasteiger partial charge in [0.15, 0.2) is 0 Å². The lowest BCUT2D eigenvalue weighted by atomic mass is 9.97. The van der Waals surface area contributed by atoms with E-state index in [1.54, 1.807) is 0 Å². The Kier molecular flexibility index (Phi) is 5.50. The average molecular weight is 319 g/mol. The van der Waals surface area contributed by atoms with E-state index in [1.165, 1.54) is 0 Å². The second-order valence-electron chi connectivity index (χ2n) is 7.15. The number of carbonyl (C=O) groups is 1. The molecule has 23 heavy (non-hydrogen) atoms. The van der Waals surface area contributed by atoms with Gasteiger partial charge in [0, 0.05) is 26.3 Å². The molecule has 1 saturated heterocycles. The zero-order valence-electron chi connectivity index (χ0n) is 15.0. The normalized spacial score (nSPS) is 18.7. The molecule has 0 spiro atoms. The van der Waals surface area contributed by atoms with E-state index in [-0.39, 0.29) is 12.1 Å². The first-order valence-electron chi connectivity index (χ1n) is 8.48. The van der Waals surface area contributed by atoms with Crippen LogP contribution in [-0.2, 0) is 4.74 Å². The molecule has 128 valence electrons. The lowest BCUT2D eigenvalue weighted by Crippen LogP contribution is -2.41. The third-order valence-electron chi connectivity index (χ3n) is 4.15. The summed E-state index contributed by atoms with van der Waals surface area (Å²) in [4.78, 5) is 21.0. The number of rotatable bonds is 3. The number of ether oxygens (including phenoxy) is 1. The zero-order valence-corrected chi connectivity index (χ0v) is 15.0. The van der Waals surface area contributed by atoms with E-state index in [1.807, 2.05) is 45.0 Å². The molecular formula is C18H29N3O2. The number of amides is 1. The molecule has 1 aromatic heterocycles. The van der Waals surface area contributed by atoms with Crippen molar-refractivity contribution >= 4 is 11.9 Å². The fourth-order valence-electron chi connectivity index (χ4n) is 2.80. The molecular weight excluding hydrogens is 290 g/mol. The minimum atomic E-state index is -0.467. The maximum Gasteiger partial charge on any atom is 0.410 e. The number of likely N-dealkylation sites (tertiary alicyclic amines) is 1. The van der Waals surface area contributed by atoms with Crippen molar-refractivity contribution in [2.45, 2.75) is 58.6 Å². The first-order chi connectivity index (χ1) is 10.8. The van der Waals surface area contributed by atoms with E-state index in [0.29, 0.717) is 0 Å². The third kappa shape index (κ3) is 4.60. The first kappa shape index (κ1) is 17.6. The fourth-order valence-corrected chi connectivity index (χ4v) is 2.80. The van der Waals surface area contributed by atoms with Crippen molar-refractivity contribution in [3.05, 3.63) is 23.9 Å². The monoisotopic (exact) mass is 319 g/mol. The van der Waals surface area contributed by atoms with Crippen molar-refractivity contribution in [3.63, 3.8) is 0 Å². The van der Waals surface area contributed by atoms with Gasteiger partial charge in [-0.3, -0.25) is 0 Å². The highest BCUT2D eigenvalue weighted by Gasteiger charge is 2.31. The maximum absolute atomic E-state index is 12.5. The number of hydrogen-bond donors (Lipinski definition) is 0. The molecule has 0 N–H and O–H groups in total. The lowest BCUT2D eigenvalue weighted by molar-refractivity contribution is 0.00948. The summed E-state index contributed by atoms with van der Waals surface area (Å²) in [5, 5.41) is 0. The first-order valence-corrected chi connectivity index (χ1v) is 8.48. The standard InChI is InChI=1S/C18H29N3O2/c1-6-20(5)16-11-10-14(13-19-16)15-9-7-8-12-21(15)17(22)23-18(2,3)4/h10-11,13,15H,6-9,12H2,1-5H3/t15-/m0/s1. The Labute approximate surface area is 139 Å². The molecule has 5 heteroatoms. The number of nitrogens with zero attached hydrogens (tertiary/aromatic N) is 3. The molecule has 1 amide bonds. The van der Waals surface area contributed by atoms with Crippen molar-refractivity contribution in [3.8, 4) is 0 Å². The van der Waals surface area contributed by atoms with Crippen molar-refractivity contribution < 1.29 is 9.53 Å². The summed E-state index contributed by atoms with van der Waals surface area (Å²) in [6, 6.07) is 4.18. The van der Waals surface area contributed by atoms with E-state index >= 15 is 0 Å². The predicted octanol–water partition coefficient (Wildman–Crippen LogP) is 4.00. The van der Waals surface area contributed by atoms with Crippen LogP contribution >= 0.6 is 0 Å². The Morgan fingerprint density at radius 3 is 2.70 bits per heavy atom. The van der Waals surface area contributed by atoms with Crippen LogP contribution in [0.3, 0.4) is 0 Å². The van der Waals surface area contributed by atoms with Gasteiger partial charge in [-0.1, -0.05) is 6.07 Å². The molecule has 0 unspecified atom stereocenters. The largest absolute Gasteiger partial charge is 0.444 e. The van der Waals surface area contributed by atoms with Crippen LogP contribution in [-0.4, -0.2) is 41.7 Å². The summed E-state index contributed by atoms with van der Waals surface area (Å²) in [5.41, 5.74) is 0.620. The lowest BCUT2D eigenvalue weighted by Gasteiger charge is -2.37. The molecule has 2 rings (SSSR count). The minimum Gasteiger partial charge on any atom is -0.444 e. The Morgan fingerprint density at radius 1 is 1.39 bits per heavy atom. The molecule has 1 fully saturated rings. The van der Waals surface area contributed by atoms with Crippen molar-refractivity contribution in [1.82, 2.24) is 9.88 Å². The number of aromatic nitrogens is 1. The second kappa shape index (κ2) is 7.20. The number of hydrogen-bond acceptors (Lipinski definition) is 4. The molecule has 1 aromatic rings. The van der Waals surface area contributed by atoms with Crippen LogP contribution in [0, 0.1) is 0 Å². The second-order valence-corrected chi connectivity index (χ2v) is 7.15. The Balaban J connectivity index is 2.16. The van der Waals surface area contributed by atoms with Crippen LogP contribution in [0.1, 0.15) is 58.6 Å². The SMILES string of the molecule is CCN(C)c1ccc([C@@H]2CCCCN2C(=O)OC(C)(C)C)cn1. The van der Waals surface area contributed by atoms with Gasteiger partial charge in [-0.15, -0.1) is 0 Å². The van der Waals surface area contributed by atoms with E-state index in [2.05, 4.69) is 22.9 Å². The molecule has 0 aromatic carbocycles. The van der Waals surface area contributed by atoms with Crippen molar-refractivity contribution in [2.24, 2.45) is 0 Å². The predicted molar refractivity (Wildman–Crippen MR) is 92.7 cm³/mol. The number of pyridine rings is 1. The van der Waals surface area contributed by atoms with Crippen molar-refractivity contribution in [2.75, 3.05) is 25.0 Å². The van der Waals surface area contributed by atoms with Gasteiger partial charge < -0.3 is 14.5 Å². The Bertz CT molecular complexity index is 522. The van der Waals surface area contributed by atoms with Crippen LogP contribution in [0.2, 0.25) is 0 Å². The van der Waals surface area contributed by atoms with E-state index in [0.717, 1.165) is 43.7 Å². The summed E-state index contributed by atoms with van der Waals surface area (Å²) >= 11 is 0. The molecule has 1 aliphatic rings. The molecule has 0 bridgehead atoms. The van der Waals surface area contributed by atoms with Crippen LogP contribution in [0.25, 0.3) is 0 Å². The zero-order chi connectivity index (χ0) is 17.0. The smallest absolute Gasteiger partial charge is 0.410 e. The van der Waals surface area contributed by atoms with Crippen LogP contribution < -0.4 is 4.90 Å². The summed E-state index contributed by atoms with van der Waals surface area (Å²) in [6.07, 6.45) is 4.79. The molecule has 1 atom stereocenters. The third-order valence-corrected chi connectivity index (χ3v) is 4.15.